The molecule has 3 rings (SSSR count). The number of nitrogens with one attached hydrogen (secondary N) is 1. The van der Waals surface area contributed by atoms with Crippen LogP contribution in [-0.2, 0) is 0 Å². The quantitative estimate of drug-likeness (QED) is 0.859. The summed E-state index contributed by atoms with van der Waals surface area (Å²) >= 11 is 2.19. The molecule has 1 aliphatic carbocycles. The molecule has 0 amide bonds. The van der Waals surface area contributed by atoms with E-state index >= 15 is 0 Å². The van der Waals surface area contributed by atoms with Crippen LogP contribution in [0.25, 0.3) is 10.9 Å². The average molecular weight is 332 g/mol. The summed E-state index contributed by atoms with van der Waals surface area (Å²) in [4.78, 5) is 14.6. The van der Waals surface area contributed by atoms with Crippen LogP contribution < -0.4 is 5.56 Å². The fourth-order valence-corrected chi connectivity index (χ4v) is 3.29. The van der Waals surface area contributed by atoms with E-state index in [0.717, 1.165) is 10.9 Å². The third-order valence-corrected chi connectivity index (χ3v) is 4.55. The number of rotatable bonds is 2. The zero-order valence-corrected chi connectivity index (χ0v) is 10.8. The molecule has 1 N–H and O–H groups in total. The number of aromatic nitrogens is 2. The topological polar surface area (TPSA) is 37.8 Å². The normalized spacial score (nSPS) is 16.1. The molecule has 3 nitrogen and oxygen atoms in total. The van der Waals surface area contributed by atoms with Gasteiger partial charge in [-0.05, 0) is 30.4 Å². The molecule has 0 aromatic carbocycles. The highest BCUT2D eigenvalue weighted by Crippen LogP contribution is 2.42. The Morgan fingerprint density at radius 2 is 2.33 bits per heavy atom. The monoisotopic (exact) mass is 332 g/mol. The molecule has 5 heteroatoms. The summed E-state index contributed by atoms with van der Waals surface area (Å²) in [6.45, 7) is 0. The van der Waals surface area contributed by atoms with Crippen LogP contribution in [0.3, 0.4) is 0 Å². The van der Waals surface area contributed by atoms with Crippen molar-refractivity contribution in [2.45, 2.75) is 18.8 Å². The number of fused-ring (bicyclic) bond motifs is 1. The SMILES string of the molecule is O=c1[nH]cc(C2CC2)c2ccn(SI)c12. The van der Waals surface area contributed by atoms with E-state index in [1.807, 2.05) is 22.4 Å². The molecule has 0 saturated heterocycles. The summed E-state index contributed by atoms with van der Waals surface area (Å²) in [6, 6.07) is 2.05. The van der Waals surface area contributed by atoms with E-state index in [1.54, 1.807) is 0 Å². The summed E-state index contributed by atoms with van der Waals surface area (Å²) in [7, 11) is 1.53. The lowest BCUT2D eigenvalue weighted by atomic mass is 10.1. The largest absolute Gasteiger partial charge is 0.327 e. The van der Waals surface area contributed by atoms with Crippen molar-refractivity contribution < 1.29 is 0 Å². The lowest BCUT2D eigenvalue weighted by molar-refractivity contribution is 1.10. The number of H-pyrrole nitrogens is 1. The van der Waals surface area contributed by atoms with Gasteiger partial charge in [-0.1, -0.05) is 0 Å². The molecule has 1 fully saturated rings. The summed E-state index contributed by atoms with van der Waals surface area (Å²) in [5.74, 6) is 0.666. The molecule has 0 unspecified atom stereocenters. The van der Waals surface area contributed by atoms with Gasteiger partial charge in [0.1, 0.15) is 5.52 Å². The van der Waals surface area contributed by atoms with Crippen molar-refractivity contribution >= 4 is 41.2 Å². The van der Waals surface area contributed by atoms with Gasteiger partial charge < -0.3 is 4.98 Å². The number of nitrogens with zero attached hydrogens (tertiary/aromatic N) is 1. The Balaban J connectivity index is 2.36. The van der Waals surface area contributed by atoms with Crippen molar-refractivity contribution in [3.05, 3.63) is 34.4 Å². The number of hydrogen-bond acceptors (Lipinski definition) is 2. The van der Waals surface area contributed by atoms with Gasteiger partial charge >= 0.3 is 0 Å². The zero-order chi connectivity index (χ0) is 10.4. The van der Waals surface area contributed by atoms with E-state index < -0.39 is 0 Å². The minimum atomic E-state index is 0.00330. The predicted molar refractivity (Wildman–Crippen MR) is 71.5 cm³/mol. The zero-order valence-electron chi connectivity index (χ0n) is 7.87. The van der Waals surface area contributed by atoms with Crippen molar-refractivity contribution in [2.24, 2.45) is 0 Å². The maximum Gasteiger partial charge on any atom is 0.273 e. The van der Waals surface area contributed by atoms with Crippen LogP contribution in [-0.4, -0.2) is 8.96 Å². The van der Waals surface area contributed by atoms with Crippen LogP contribution in [0.5, 0.6) is 0 Å². The smallest absolute Gasteiger partial charge is 0.273 e. The first-order chi connectivity index (χ1) is 7.31. The molecule has 0 spiro atoms. The van der Waals surface area contributed by atoms with Crippen molar-refractivity contribution in [2.75, 3.05) is 0 Å². The highest BCUT2D eigenvalue weighted by Gasteiger charge is 2.26. The summed E-state index contributed by atoms with van der Waals surface area (Å²) in [6.07, 6.45) is 6.35. The van der Waals surface area contributed by atoms with Gasteiger partial charge in [0.05, 0.1) is 0 Å². The third-order valence-electron chi connectivity index (χ3n) is 2.83. The highest BCUT2D eigenvalue weighted by atomic mass is 127. The van der Waals surface area contributed by atoms with Crippen LogP contribution >= 0.6 is 30.3 Å². The fourth-order valence-electron chi connectivity index (χ4n) is 1.95. The van der Waals surface area contributed by atoms with Gasteiger partial charge in [-0.2, -0.15) is 0 Å². The van der Waals surface area contributed by atoms with Crippen LogP contribution in [0.15, 0.2) is 23.3 Å². The predicted octanol–water partition coefficient (Wildman–Crippen LogP) is 3.05. The standard InChI is InChI=1S/C10H9IN2OS/c11-15-13-4-3-7-8(6-1-2-6)5-12-10(14)9(7)13/h3-6H,1-2H2,(H,12,14). The molecule has 0 atom stereocenters. The van der Waals surface area contributed by atoms with Gasteiger partial charge in [-0.15, -0.1) is 0 Å². The van der Waals surface area contributed by atoms with Crippen molar-refractivity contribution in [1.82, 2.24) is 8.96 Å². The second-order valence-electron chi connectivity index (χ2n) is 3.82. The number of hydrogen-bond donors (Lipinski definition) is 1. The molecule has 2 aromatic heterocycles. The molecule has 78 valence electrons. The molecule has 1 saturated carbocycles. The Hall–Kier alpha value is -0.430. The van der Waals surface area contributed by atoms with E-state index in [-0.39, 0.29) is 5.56 Å². The first kappa shape index (κ1) is 9.77. The van der Waals surface area contributed by atoms with Gasteiger partial charge in [-0.25, -0.2) is 0 Å². The van der Waals surface area contributed by atoms with E-state index in [9.17, 15) is 4.79 Å². The molecule has 0 bridgehead atoms. The second kappa shape index (κ2) is 3.55. The minimum Gasteiger partial charge on any atom is -0.327 e. The average Bonchev–Trinajstić information content (AvgIpc) is 2.97. The molecule has 1 aliphatic rings. The molecule has 0 aliphatic heterocycles. The van der Waals surface area contributed by atoms with Crippen molar-refractivity contribution in [3.63, 3.8) is 0 Å². The second-order valence-corrected chi connectivity index (χ2v) is 5.53. The van der Waals surface area contributed by atoms with E-state index in [4.69, 9.17) is 0 Å². The maximum absolute atomic E-state index is 11.7. The first-order valence-electron chi connectivity index (χ1n) is 4.83. The maximum atomic E-state index is 11.7. The van der Waals surface area contributed by atoms with Gasteiger partial charge in [0.25, 0.3) is 5.56 Å². The van der Waals surface area contributed by atoms with Gasteiger partial charge in [-0.3, -0.25) is 8.77 Å². The third kappa shape index (κ3) is 1.52. The Labute approximate surface area is 103 Å². The minimum absolute atomic E-state index is 0.00330. The Bertz CT molecular complexity index is 570. The molecule has 2 aromatic rings. The van der Waals surface area contributed by atoms with Gasteiger partial charge in [0, 0.05) is 48.1 Å². The fraction of sp³-hybridized carbons (Fsp3) is 0.300. The first-order valence-corrected chi connectivity index (χ1v) is 8.14. The van der Waals surface area contributed by atoms with Crippen molar-refractivity contribution in [3.8, 4) is 0 Å². The van der Waals surface area contributed by atoms with Gasteiger partial charge in [0.15, 0.2) is 0 Å². The van der Waals surface area contributed by atoms with Crippen molar-refractivity contribution in [1.29, 1.82) is 0 Å². The van der Waals surface area contributed by atoms with E-state index in [1.165, 1.54) is 27.5 Å². The Kier molecular flexibility index (Phi) is 2.31. The molecule has 2 heterocycles. The van der Waals surface area contributed by atoms with Crippen LogP contribution in [0.2, 0.25) is 0 Å². The lowest BCUT2D eigenvalue weighted by Gasteiger charge is -2.01. The van der Waals surface area contributed by atoms with E-state index in [2.05, 4.69) is 26.2 Å². The van der Waals surface area contributed by atoms with Crippen LogP contribution in [0.4, 0.5) is 0 Å². The van der Waals surface area contributed by atoms with E-state index in [0.29, 0.717) is 5.92 Å². The molecular weight excluding hydrogens is 323 g/mol. The number of aromatic amines is 1. The summed E-state index contributed by atoms with van der Waals surface area (Å²) in [5, 5.41) is 1.12. The van der Waals surface area contributed by atoms with Crippen LogP contribution in [0.1, 0.15) is 24.3 Å². The Morgan fingerprint density at radius 3 is 3.00 bits per heavy atom. The van der Waals surface area contributed by atoms with Crippen LogP contribution in [0, 0.1) is 0 Å². The summed E-state index contributed by atoms with van der Waals surface area (Å²) in [5.41, 5.74) is 2.09. The Morgan fingerprint density at radius 1 is 1.53 bits per heavy atom. The number of pyridine rings is 1. The number of halogens is 1. The molecule has 15 heavy (non-hydrogen) atoms. The van der Waals surface area contributed by atoms with Gasteiger partial charge in [0.2, 0.25) is 0 Å². The highest BCUT2D eigenvalue weighted by molar-refractivity contribution is 14.2. The lowest BCUT2D eigenvalue weighted by Crippen LogP contribution is -2.08. The summed E-state index contributed by atoms with van der Waals surface area (Å²) < 4.78 is 1.92. The molecule has 0 radical (unpaired) electrons. The molecular formula is C10H9IN2OS.